The Balaban J connectivity index is 4.43. The second-order valence-corrected chi connectivity index (χ2v) is 3.74. The van der Waals surface area contributed by atoms with Crippen molar-refractivity contribution < 1.29 is 9.47 Å². The lowest BCUT2D eigenvalue weighted by Crippen LogP contribution is -2.18. The Morgan fingerprint density at radius 1 is 1.50 bits per heavy atom. The van der Waals surface area contributed by atoms with Crippen molar-refractivity contribution in [1.29, 1.82) is 5.26 Å². The van der Waals surface area contributed by atoms with Crippen LogP contribution < -0.4 is 0 Å². The fourth-order valence-electron chi connectivity index (χ4n) is 0.746. The molecular weight excluding hydrogens is 178 g/mol. The van der Waals surface area contributed by atoms with Crippen LogP contribution in [0, 0.1) is 11.3 Å². The molecule has 0 amide bonds. The Hall–Kier alpha value is -1.43. The molecule has 0 aliphatic rings. The molecule has 0 bridgehead atoms. The number of hydrogen-bond donors (Lipinski definition) is 0. The van der Waals surface area contributed by atoms with Crippen molar-refractivity contribution >= 4 is 0 Å². The van der Waals surface area contributed by atoms with Crippen LogP contribution in [0.5, 0.6) is 0 Å². The molecule has 78 valence electrons. The van der Waals surface area contributed by atoms with E-state index in [1.54, 1.807) is 0 Å². The molecule has 3 heteroatoms. The number of nitriles is 1. The fraction of sp³-hybridized carbons (Fsp3) is 0.545. The monoisotopic (exact) mass is 195 g/mol. The summed E-state index contributed by atoms with van der Waals surface area (Å²) >= 11 is 0. The molecule has 0 aliphatic carbocycles. The Morgan fingerprint density at radius 3 is 2.43 bits per heavy atom. The molecule has 0 N–H and O–H groups in total. The zero-order valence-corrected chi connectivity index (χ0v) is 9.26. The van der Waals surface area contributed by atoms with Gasteiger partial charge < -0.3 is 9.47 Å². The van der Waals surface area contributed by atoms with Gasteiger partial charge in [-0.1, -0.05) is 6.58 Å². The molecule has 0 saturated carbocycles. The largest absolute Gasteiger partial charge is 0.500 e. The van der Waals surface area contributed by atoms with Gasteiger partial charge in [0.1, 0.15) is 29.3 Å². The van der Waals surface area contributed by atoms with Crippen LogP contribution >= 0.6 is 0 Å². The van der Waals surface area contributed by atoms with E-state index in [9.17, 15) is 0 Å². The van der Waals surface area contributed by atoms with Crippen LogP contribution in [0.3, 0.4) is 0 Å². The summed E-state index contributed by atoms with van der Waals surface area (Å²) in [5.41, 5.74) is -0.0269. The highest BCUT2D eigenvalue weighted by Crippen LogP contribution is 2.17. The third kappa shape index (κ3) is 5.26. The topological polar surface area (TPSA) is 42.2 Å². The van der Waals surface area contributed by atoms with E-state index in [1.165, 1.54) is 6.26 Å². The van der Waals surface area contributed by atoms with Gasteiger partial charge in [-0.25, -0.2) is 0 Å². The van der Waals surface area contributed by atoms with E-state index >= 15 is 0 Å². The molecule has 3 nitrogen and oxygen atoms in total. The lowest BCUT2D eigenvalue weighted by molar-refractivity contribution is 0.0584. The number of nitrogens with zero attached hydrogens (tertiary/aromatic N) is 1. The summed E-state index contributed by atoms with van der Waals surface area (Å²) in [6, 6.07) is 1.97. The van der Waals surface area contributed by atoms with E-state index in [1.807, 2.05) is 33.8 Å². The van der Waals surface area contributed by atoms with E-state index in [4.69, 9.17) is 14.7 Å². The summed E-state index contributed by atoms with van der Waals surface area (Å²) < 4.78 is 10.4. The predicted octanol–water partition coefficient (Wildman–Crippen LogP) is 2.76. The van der Waals surface area contributed by atoms with E-state index in [0.29, 0.717) is 17.9 Å². The van der Waals surface area contributed by atoms with Crippen molar-refractivity contribution in [2.75, 3.05) is 6.61 Å². The molecule has 0 aromatic rings. The van der Waals surface area contributed by atoms with Gasteiger partial charge in [0.2, 0.25) is 0 Å². The van der Waals surface area contributed by atoms with Crippen LogP contribution in [-0.2, 0) is 9.47 Å². The third-order valence-electron chi connectivity index (χ3n) is 1.22. The van der Waals surface area contributed by atoms with Gasteiger partial charge in [-0.2, -0.15) is 5.26 Å². The molecule has 0 aliphatic heterocycles. The molecule has 0 aromatic carbocycles. The third-order valence-corrected chi connectivity index (χ3v) is 1.22. The summed E-state index contributed by atoms with van der Waals surface area (Å²) in [6.07, 6.45) is 1.37. The molecule has 0 rings (SSSR count). The van der Waals surface area contributed by atoms with Crippen molar-refractivity contribution in [3.63, 3.8) is 0 Å². The summed E-state index contributed by atoms with van der Waals surface area (Å²) in [4.78, 5) is 0. The quantitative estimate of drug-likeness (QED) is 0.393. The van der Waals surface area contributed by atoms with Crippen molar-refractivity contribution in [3.05, 3.63) is 24.2 Å². The first kappa shape index (κ1) is 12.6. The summed E-state index contributed by atoms with van der Waals surface area (Å²) in [5.74, 6) is 0.341. The summed E-state index contributed by atoms with van der Waals surface area (Å²) in [7, 11) is 0. The first-order chi connectivity index (χ1) is 6.40. The molecule has 0 unspecified atom stereocenters. The maximum atomic E-state index is 8.78. The second kappa shape index (κ2) is 5.33. The minimum absolute atomic E-state index is 0.321. The zero-order chi connectivity index (χ0) is 11.2. The Labute approximate surface area is 85.6 Å². The molecule has 0 aromatic heterocycles. The highest BCUT2D eigenvalue weighted by atomic mass is 16.5. The molecule has 0 spiro atoms. The van der Waals surface area contributed by atoms with E-state index in [-0.39, 0.29) is 5.60 Å². The van der Waals surface area contributed by atoms with Crippen molar-refractivity contribution in [2.45, 2.75) is 33.3 Å². The van der Waals surface area contributed by atoms with Crippen LogP contribution in [0.2, 0.25) is 0 Å². The Bertz CT molecular complexity index is 266. The summed E-state index contributed by atoms with van der Waals surface area (Å²) in [6.45, 7) is 11.7. The van der Waals surface area contributed by atoms with E-state index in [2.05, 4.69) is 6.58 Å². The highest BCUT2D eigenvalue weighted by Gasteiger charge is 2.15. The fourth-order valence-corrected chi connectivity index (χ4v) is 0.746. The minimum atomic E-state index is -0.348. The Morgan fingerprint density at radius 2 is 2.07 bits per heavy atom. The average Bonchev–Trinajstić information content (AvgIpc) is 2.02. The van der Waals surface area contributed by atoms with Crippen LogP contribution in [0.1, 0.15) is 27.7 Å². The lowest BCUT2D eigenvalue weighted by atomic mass is 10.2. The van der Waals surface area contributed by atoms with Crippen LogP contribution in [0.4, 0.5) is 0 Å². The molecule has 0 saturated heterocycles. The standard InChI is InChI=1S/C11H17NO2/c1-6-13-8-10(7-12)9(2)14-11(3,4)5/h8H,2,6H2,1,3-5H3/b10-8-. The van der Waals surface area contributed by atoms with Gasteiger partial charge in [0.25, 0.3) is 0 Å². The number of ether oxygens (including phenoxy) is 2. The van der Waals surface area contributed by atoms with Gasteiger partial charge in [0, 0.05) is 0 Å². The normalized spacial score (nSPS) is 11.8. The average molecular weight is 195 g/mol. The Kier molecular flexibility index (Phi) is 4.79. The zero-order valence-electron chi connectivity index (χ0n) is 9.26. The van der Waals surface area contributed by atoms with Gasteiger partial charge in [0.05, 0.1) is 6.61 Å². The number of allylic oxidation sites excluding steroid dienone is 1. The van der Waals surface area contributed by atoms with Gasteiger partial charge in [-0.05, 0) is 27.7 Å². The van der Waals surface area contributed by atoms with Gasteiger partial charge in [-0.15, -0.1) is 0 Å². The van der Waals surface area contributed by atoms with Crippen LogP contribution in [0.25, 0.3) is 0 Å². The summed E-state index contributed by atoms with van der Waals surface area (Å²) in [5, 5.41) is 8.78. The van der Waals surface area contributed by atoms with Crippen molar-refractivity contribution in [2.24, 2.45) is 0 Å². The number of hydrogen-bond acceptors (Lipinski definition) is 3. The van der Waals surface area contributed by atoms with Crippen LogP contribution in [-0.4, -0.2) is 12.2 Å². The van der Waals surface area contributed by atoms with E-state index < -0.39 is 0 Å². The predicted molar refractivity (Wildman–Crippen MR) is 55.3 cm³/mol. The smallest absolute Gasteiger partial charge is 0.133 e. The molecule has 0 atom stereocenters. The molecule has 0 radical (unpaired) electrons. The maximum absolute atomic E-state index is 8.78. The second-order valence-electron chi connectivity index (χ2n) is 3.74. The van der Waals surface area contributed by atoms with E-state index in [0.717, 1.165) is 0 Å². The molecule has 0 heterocycles. The minimum Gasteiger partial charge on any atom is -0.500 e. The molecular formula is C11H17NO2. The van der Waals surface area contributed by atoms with Crippen LogP contribution in [0.15, 0.2) is 24.2 Å². The van der Waals surface area contributed by atoms with Crippen molar-refractivity contribution in [3.8, 4) is 6.07 Å². The van der Waals surface area contributed by atoms with Crippen molar-refractivity contribution in [1.82, 2.24) is 0 Å². The first-order valence-corrected chi connectivity index (χ1v) is 4.51. The molecule has 0 fully saturated rings. The highest BCUT2D eigenvalue weighted by molar-refractivity contribution is 5.35. The van der Waals surface area contributed by atoms with Gasteiger partial charge in [0.15, 0.2) is 0 Å². The SMILES string of the molecule is C=C(OC(C)(C)C)/C(C#N)=C\OCC. The first-order valence-electron chi connectivity index (χ1n) is 4.51. The lowest BCUT2D eigenvalue weighted by Gasteiger charge is -2.22. The van der Waals surface area contributed by atoms with Gasteiger partial charge >= 0.3 is 0 Å². The molecule has 14 heavy (non-hydrogen) atoms. The number of rotatable bonds is 4. The van der Waals surface area contributed by atoms with Gasteiger partial charge in [-0.3, -0.25) is 0 Å². The maximum Gasteiger partial charge on any atom is 0.133 e.